The minimum absolute atomic E-state index is 0.162. The smallest absolute Gasteiger partial charge is 0.464 e. The Morgan fingerprint density at radius 3 is 2.30 bits per heavy atom. The van der Waals surface area contributed by atoms with E-state index in [1.807, 2.05) is 0 Å². The minimum Gasteiger partial charge on any atom is -0.464 e. The summed E-state index contributed by atoms with van der Waals surface area (Å²) in [6.07, 6.45) is 0. The Morgan fingerprint density at radius 2 is 1.83 bits per heavy atom. The summed E-state index contributed by atoms with van der Waals surface area (Å²) >= 11 is 0. The van der Waals surface area contributed by atoms with Gasteiger partial charge in [-0.15, -0.1) is 0 Å². The van der Waals surface area contributed by atoms with Crippen molar-refractivity contribution < 1.29 is 35.9 Å². The molecular formula is C13H12F3NO5S. The first-order valence-corrected chi connectivity index (χ1v) is 7.93. The Kier molecular flexibility index (Phi) is 4.38. The van der Waals surface area contributed by atoms with Gasteiger partial charge in [-0.3, -0.25) is 4.79 Å². The van der Waals surface area contributed by atoms with Crippen molar-refractivity contribution >= 4 is 21.9 Å². The van der Waals surface area contributed by atoms with Crippen molar-refractivity contribution in [1.29, 1.82) is 0 Å². The van der Waals surface area contributed by atoms with Gasteiger partial charge in [-0.05, 0) is 12.5 Å². The molecule has 1 fully saturated rings. The molecule has 0 spiro atoms. The lowest BCUT2D eigenvalue weighted by atomic mass is 9.84. The van der Waals surface area contributed by atoms with E-state index in [0.29, 0.717) is 0 Å². The fourth-order valence-electron chi connectivity index (χ4n) is 2.29. The predicted octanol–water partition coefficient (Wildman–Crippen LogP) is 1.39. The molecule has 1 aromatic carbocycles. The third-order valence-electron chi connectivity index (χ3n) is 3.29. The maximum absolute atomic E-state index is 12.7. The quantitative estimate of drug-likeness (QED) is 0.605. The summed E-state index contributed by atoms with van der Waals surface area (Å²) in [6, 6.07) is 5.63. The normalized spacial score (nSPS) is 21.7. The zero-order valence-corrected chi connectivity index (χ0v) is 12.6. The number of alkyl halides is 3. The highest BCUT2D eigenvalue weighted by Crippen LogP contribution is 2.42. The summed E-state index contributed by atoms with van der Waals surface area (Å²) < 4.78 is 65.3. The molecule has 1 heterocycles. The lowest BCUT2D eigenvalue weighted by Crippen LogP contribution is -2.67. The van der Waals surface area contributed by atoms with Crippen molar-refractivity contribution in [1.82, 2.24) is 4.31 Å². The molecule has 10 heteroatoms. The lowest BCUT2D eigenvalue weighted by Gasteiger charge is -2.44. The summed E-state index contributed by atoms with van der Waals surface area (Å²) in [5.41, 5.74) is -5.45. The van der Waals surface area contributed by atoms with Crippen LogP contribution in [0.4, 0.5) is 13.2 Å². The number of carbonyl (C=O) groups is 2. The van der Waals surface area contributed by atoms with E-state index in [0.717, 1.165) is 0 Å². The van der Waals surface area contributed by atoms with Gasteiger partial charge in [0.25, 0.3) is 0 Å². The van der Waals surface area contributed by atoms with Crippen LogP contribution in [0.3, 0.4) is 0 Å². The highest BCUT2D eigenvalue weighted by atomic mass is 32.2. The summed E-state index contributed by atoms with van der Waals surface area (Å²) in [5.74, 6) is -3.84. The molecule has 2 unspecified atom stereocenters. The van der Waals surface area contributed by atoms with Crippen molar-refractivity contribution in [3.05, 3.63) is 35.9 Å². The number of sulfonamides is 1. The Labute approximate surface area is 129 Å². The molecule has 0 bridgehead atoms. The number of ether oxygens (including phenoxy) is 1. The fourth-order valence-corrected chi connectivity index (χ4v) is 3.37. The fraction of sp³-hybridized carbons (Fsp3) is 0.385. The number of benzene rings is 1. The first-order valence-electron chi connectivity index (χ1n) is 6.49. The van der Waals surface area contributed by atoms with Gasteiger partial charge in [-0.25, -0.2) is 9.10 Å². The van der Waals surface area contributed by atoms with Gasteiger partial charge in [-0.2, -0.15) is 21.6 Å². The van der Waals surface area contributed by atoms with Crippen LogP contribution in [0.1, 0.15) is 18.4 Å². The maximum Gasteiger partial charge on any atom is 0.516 e. The highest BCUT2D eigenvalue weighted by molar-refractivity contribution is 7.90. The second kappa shape index (κ2) is 5.84. The average molecular weight is 351 g/mol. The first-order chi connectivity index (χ1) is 10.6. The SMILES string of the molecule is CCOC(=O)C1C(c2ccccc2)C(=O)N1S(=O)(=O)C(F)(F)F. The first kappa shape index (κ1) is 17.3. The number of esters is 1. The van der Waals surface area contributed by atoms with E-state index in [-0.39, 0.29) is 12.2 Å². The van der Waals surface area contributed by atoms with Gasteiger partial charge >= 0.3 is 21.5 Å². The summed E-state index contributed by atoms with van der Waals surface area (Å²) in [5, 5.41) is 0. The molecule has 0 radical (unpaired) electrons. The number of amides is 1. The van der Waals surface area contributed by atoms with Gasteiger partial charge in [0.15, 0.2) is 6.04 Å². The molecule has 2 atom stereocenters. The molecule has 0 saturated carbocycles. The van der Waals surface area contributed by atoms with Gasteiger partial charge in [0.1, 0.15) is 0 Å². The van der Waals surface area contributed by atoms with Crippen molar-refractivity contribution in [2.24, 2.45) is 0 Å². The number of carbonyl (C=O) groups excluding carboxylic acids is 2. The van der Waals surface area contributed by atoms with Crippen LogP contribution in [0.5, 0.6) is 0 Å². The van der Waals surface area contributed by atoms with Gasteiger partial charge in [-0.1, -0.05) is 30.3 Å². The Morgan fingerprint density at radius 1 is 1.26 bits per heavy atom. The molecule has 23 heavy (non-hydrogen) atoms. The highest BCUT2D eigenvalue weighted by Gasteiger charge is 2.65. The van der Waals surface area contributed by atoms with Crippen molar-refractivity contribution in [2.75, 3.05) is 6.61 Å². The van der Waals surface area contributed by atoms with Gasteiger partial charge < -0.3 is 4.74 Å². The Balaban J connectivity index is 2.45. The van der Waals surface area contributed by atoms with E-state index in [2.05, 4.69) is 4.74 Å². The van der Waals surface area contributed by atoms with E-state index >= 15 is 0 Å². The molecule has 6 nitrogen and oxygen atoms in total. The van der Waals surface area contributed by atoms with Crippen LogP contribution in [0.2, 0.25) is 0 Å². The number of nitrogens with zero attached hydrogens (tertiary/aromatic N) is 1. The Hall–Kier alpha value is -2.10. The summed E-state index contributed by atoms with van der Waals surface area (Å²) in [7, 11) is -5.96. The van der Waals surface area contributed by atoms with E-state index < -0.39 is 43.7 Å². The molecule has 0 aromatic heterocycles. The van der Waals surface area contributed by atoms with E-state index in [9.17, 15) is 31.2 Å². The van der Waals surface area contributed by atoms with Gasteiger partial charge in [0.05, 0.1) is 12.5 Å². The topological polar surface area (TPSA) is 80.8 Å². The third kappa shape index (κ3) is 2.78. The van der Waals surface area contributed by atoms with E-state index in [1.165, 1.54) is 31.2 Å². The minimum atomic E-state index is -5.96. The molecule has 1 aliphatic rings. The number of halogens is 3. The second-order valence-corrected chi connectivity index (χ2v) is 6.48. The standard InChI is InChI=1S/C13H12F3NO5S/c1-2-22-12(19)10-9(8-6-4-3-5-7-8)11(18)17(10)23(20,21)13(14,15)16/h3-7,9-10H,2H2,1H3. The summed E-state index contributed by atoms with van der Waals surface area (Å²) in [6.45, 7) is 1.25. The van der Waals surface area contributed by atoms with Crippen LogP contribution in [-0.4, -0.2) is 42.8 Å². The monoisotopic (exact) mass is 351 g/mol. The predicted molar refractivity (Wildman–Crippen MR) is 71.4 cm³/mol. The van der Waals surface area contributed by atoms with Crippen LogP contribution in [0.25, 0.3) is 0 Å². The zero-order chi connectivity index (χ0) is 17.4. The van der Waals surface area contributed by atoms with Crippen LogP contribution in [-0.2, 0) is 24.3 Å². The van der Waals surface area contributed by atoms with Gasteiger partial charge in [0.2, 0.25) is 5.91 Å². The number of rotatable bonds is 4. The molecule has 1 aromatic rings. The molecule has 1 amide bonds. The summed E-state index contributed by atoms with van der Waals surface area (Å²) in [4.78, 5) is 23.9. The molecule has 0 aliphatic carbocycles. The van der Waals surface area contributed by atoms with Gasteiger partial charge in [0, 0.05) is 0 Å². The largest absolute Gasteiger partial charge is 0.516 e. The van der Waals surface area contributed by atoms with Crippen LogP contribution < -0.4 is 0 Å². The number of hydrogen-bond donors (Lipinski definition) is 0. The Bertz CT molecular complexity index is 717. The van der Waals surface area contributed by atoms with Crippen molar-refractivity contribution in [3.8, 4) is 0 Å². The molecule has 2 rings (SSSR count). The maximum atomic E-state index is 12.7. The lowest BCUT2D eigenvalue weighted by molar-refractivity contribution is -0.163. The molecular weight excluding hydrogens is 339 g/mol. The molecule has 0 N–H and O–H groups in total. The van der Waals surface area contributed by atoms with Crippen LogP contribution >= 0.6 is 0 Å². The van der Waals surface area contributed by atoms with E-state index in [4.69, 9.17) is 0 Å². The molecule has 126 valence electrons. The number of hydrogen-bond acceptors (Lipinski definition) is 5. The van der Waals surface area contributed by atoms with E-state index in [1.54, 1.807) is 6.07 Å². The van der Waals surface area contributed by atoms with Crippen molar-refractivity contribution in [2.45, 2.75) is 24.4 Å². The van der Waals surface area contributed by atoms with Crippen LogP contribution in [0.15, 0.2) is 30.3 Å². The molecule has 1 saturated heterocycles. The van der Waals surface area contributed by atoms with Crippen LogP contribution in [0, 0.1) is 0 Å². The molecule has 1 aliphatic heterocycles. The number of β-lactam (4-membered cyclic amide) rings is 1. The second-order valence-electron chi connectivity index (χ2n) is 4.67. The zero-order valence-electron chi connectivity index (χ0n) is 11.8. The van der Waals surface area contributed by atoms with Crippen molar-refractivity contribution in [3.63, 3.8) is 0 Å². The third-order valence-corrected chi connectivity index (χ3v) is 4.80. The average Bonchev–Trinajstić information content (AvgIpc) is 2.44.